The molecule has 1 aliphatic carbocycles. The van der Waals surface area contributed by atoms with Crippen molar-refractivity contribution in [2.45, 2.75) is 60.0 Å². The highest BCUT2D eigenvalue weighted by Crippen LogP contribution is 2.36. The van der Waals surface area contributed by atoms with Gasteiger partial charge in [-0.25, -0.2) is 9.59 Å². The summed E-state index contributed by atoms with van der Waals surface area (Å²) in [5.74, 6) is -0.558. The van der Waals surface area contributed by atoms with E-state index >= 15 is 0 Å². The predicted molar refractivity (Wildman–Crippen MR) is 140 cm³/mol. The summed E-state index contributed by atoms with van der Waals surface area (Å²) in [6.07, 6.45) is 2.78. The van der Waals surface area contributed by atoms with E-state index in [0.29, 0.717) is 23.4 Å². The highest BCUT2D eigenvalue weighted by Gasteiger charge is 2.34. The number of hydrogen-bond donors (Lipinski definition) is 1. The first kappa shape index (κ1) is 26.9. The number of hydrogen-bond acceptors (Lipinski definition) is 5. The summed E-state index contributed by atoms with van der Waals surface area (Å²) in [5, 5.41) is 2.74. The van der Waals surface area contributed by atoms with E-state index in [9.17, 15) is 14.4 Å². The Bertz CT molecular complexity index is 1070. The number of amides is 1. The lowest BCUT2D eigenvalue weighted by atomic mass is 9.75. The van der Waals surface area contributed by atoms with Crippen LogP contribution < -0.4 is 5.32 Å². The fourth-order valence-corrected chi connectivity index (χ4v) is 4.94. The van der Waals surface area contributed by atoms with Gasteiger partial charge >= 0.3 is 11.9 Å². The summed E-state index contributed by atoms with van der Waals surface area (Å²) in [7, 11) is 0. The molecule has 0 spiro atoms. The zero-order valence-corrected chi connectivity index (χ0v) is 22.6. The van der Waals surface area contributed by atoms with Crippen molar-refractivity contribution < 1.29 is 23.9 Å². The van der Waals surface area contributed by atoms with Crippen LogP contribution in [0.25, 0.3) is 0 Å². The fraction of sp³-hybridized carbons (Fsp3) is 0.464. The second-order valence-corrected chi connectivity index (χ2v) is 10.7. The molecule has 7 heteroatoms. The summed E-state index contributed by atoms with van der Waals surface area (Å²) in [5.41, 5.74) is 2.83. The molecule has 2 aromatic rings. The van der Waals surface area contributed by atoms with Crippen LogP contribution >= 0.6 is 15.9 Å². The Labute approximate surface area is 215 Å². The maximum atomic E-state index is 13.1. The smallest absolute Gasteiger partial charge is 0.339 e. The van der Waals surface area contributed by atoms with Gasteiger partial charge in [-0.05, 0) is 79.8 Å². The topological polar surface area (TPSA) is 81.7 Å². The van der Waals surface area contributed by atoms with Gasteiger partial charge in [-0.3, -0.25) is 4.79 Å². The van der Waals surface area contributed by atoms with E-state index in [1.54, 1.807) is 18.2 Å². The van der Waals surface area contributed by atoms with E-state index in [-0.39, 0.29) is 17.2 Å². The Morgan fingerprint density at radius 3 is 2.23 bits per heavy atom. The van der Waals surface area contributed by atoms with Crippen LogP contribution in [0.2, 0.25) is 0 Å². The Morgan fingerprint density at radius 1 is 1.03 bits per heavy atom. The summed E-state index contributed by atoms with van der Waals surface area (Å²) < 4.78 is 12.1. The van der Waals surface area contributed by atoms with Gasteiger partial charge in [0.1, 0.15) is 6.10 Å². The highest BCUT2D eigenvalue weighted by molar-refractivity contribution is 9.10. The Hall–Kier alpha value is -2.67. The van der Waals surface area contributed by atoms with Gasteiger partial charge in [0.25, 0.3) is 5.91 Å². The van der Waals surface area contributed by atoms with Crippen LogP contribution in [0.15, 0.2) is 40.9 Å². The maximum Gasteiger partial charge on any atom is 0.339 e. The number of rotatable bonds is 7. The molecule has 0 saturated heterocycles. The minimum absolute atomic E-state index is 0.0885. The largest absolute Gasteiger partial charge is 0.458 e. The van der Waals surface area contributed by atoms with Crippen molar-refractivity contribution in [3.63, 3.8) is 0 Å². The zero-order chi connectivity index (χ0) is 25.7. The van der Waals surface area contributed by atoms with Gasteiger partial charge in [-0.15, -0.1) is 0 Å². The molecule has 3 rings (SSSR count). The second-order valence-electron chi connectivity index (χ2n) is 9.86. The number of esters is 2. The molecular weight excluding hydrogens is 510 g/mol. The summed E-state index contributed by atoms with van der Waals surface area (Å²) in [6, 6.07) is 10.1. The quantitative estimate of drug-likeness (QED) is 0.404. The van der Waals surface area contributed by atoms with Crippen LogP contribution in [-0.2, 0) is 14.3 Å². The van der Waals surface area contributed by atoms with Gasteiger partial charge in [0.15, 0.2) is 6.61 Å². The number of halogens is 1. The second kappa shape index (κ2) is 11.8. The monoisotopic (exact) mass is 543 g/mol. The minimum Gasteiger partial charge on any atom is -0.458 e. The van der Waals surface area contributed by atoms with Crippen molar-refractivity contribution >= 4 is 39.5 Å². The standard InChI is InChI=1S/C28H34BrNO5/c1-16(2)21-11-10-17(3)12-24(21)35-28(33)23-9-7-6-8-22(23)27(32)34-15-25(31)30-20-13-18(4)26(29)19(5)14-20/h6-9,13-14,16-17,21,24H,10-12,15H2,1-5H3,(H,30,31)/t17-,21+,24+/m0/s1. The van der Waals surface area contributed by atoms with E-state index in [2.05, 4.69) is 42.0 Å². The van der Waals surface area contributed by atoms with Crippen LogP contribution in [0, 0.1) is 31.6 Å². The number of anilines is 1. The Morgan fingerprint density at radius 2 is 1.63 bits per heavy atom. The third-order valence-corrected chi connectivity index (χ3v) is 7.89. The normalized spacial score (nSPS) is 19.8. The molecule has 0 aliphatic heterocycles. The number of carbonyl (C=O) groups excluding carboxylic acids is 3. The molecule has 2 aromatic carbocycles. The van der Waals surface area contributed by atoms with Crippen LogP contribution in [0.1, 0.15) is 71.9 Å². The van der Waals surface area contributed by atoms with E-state index in [4.69, 9.17) is 9.47 Å². The number of benzene rings is 2. The number of aryl methyl sites for hydroxylation is 2. The molecule has 0 unspecified atom stereocenters. The van der Waals surface area contributed by atoms with Crippen LogP contribution in [0.3, 0.4) is 0 Å². The van der Waals surface area contributed by atoms with E-state index in [1.807, 2.05) is 26.0 Å². The molecule has 1 amide bonds. The van der Waals surface area contributed by atoms with Crippen molar-refractivity contribution in [3.05, 3.63) is 63.1 Å². The van der Waals surface area contributed by atoms with Gasteiger partial charge in [-0.2, -0.15) is 0 Å². The molecule has 35 heavy (non-hydrogen) atoms. The van der Waals surface area contributed by atoms with Gasteiger partial charge in [0.2, 0.25) is 0 Å². The minimum atomic E-state index is -0.742. The lowest BCUT2D eigenvalue weighted by molar-refractivity contribution is -0.119. The first-order valence-electron chi connectivity index (χ1n) is 12.1. The predicted octanol–water partition coefficient (Wildman–Crippen LogP) is 6.48. The van der Waals surface area contributed by atoms with E-state index < -0.39 is 24.5 Å². The number of nitrogens with one attached hydrogen (secondary N) is 1. The molecule has 1 saturated carbocycles. The third-order valence-electron chi connectivity index (χ3n) is 6.64. The molecule has 1 aliphatic rings. The Kier molecular flexibility index (Phi) is 9.11. The van der Waals surface area contributed by atoms with Gasteiger partial charge < -0.3 is 14.8 Å². The average molecular weight is 544 g/mol. The van der Waals surface area contributed by atoms with Crippen molar-refractivity contribution in [3.8, 4) is 0 Å². The SMILES string of the molecule is Cc1cc(NC(=O)COC(=O)c2ccccc2C(=O)O[C@@H]2C[C@@H](C)CC[C@@H]2C(C)C)cc(C)c1Br. The van der Waals surface area contributed by atoms with Crippen molar-refractivity contribution in [1.29, 1.82) is 0 Å². The molecule has 0 aromatic heterocycles. The summed E-state index contributed by atoms with van der Waals surface area (Å²) in [4.78, 5) is 38.2. The van der Waals surface area contributed by atoms with Gasteiger partial charge in [0, 0.05) is 10.2 Å². The fourth-order valence-electron chi connectivity index (χ4n) is 4.71. The zero-order valence-electron chi connectivity index (χ0n) is 21.0. The Balaban J connectivity index is 1.65. The van der Waals surface area contributed by atoms with Gasteiger partial charge in [0.05, 0.1) is 11.1 Å². The molecule has 0 radical (unpaired) electrons. The molecule has 0 bridgehead atoms. The maximum absolute atomic E-state index is 13.1. The molecule has 188 valence electrons. The number of ether oxygens (including phenoxy) is 2. The number of carbonyl (C=O) groups is 3. The lowest BCUT2D eigenvalue weighted by Gasteiger charge is -2.36. The van der Waals surface area contributed by atoms with E-state index in [0.717, 1.165) is 34.9 Å². The van der Waals surface area contributed by atoms with Crippen molar-refractivity contribution in [1.82, 2.24) is 0 Å². The van der Waals surface area contributed by atoms with Crippen molar-refractivity contribution in [2.75, 3.05) is 11.9 Å². The van der Waals surface area contributed by atoms with E-state index in [1.165, 1.54) is 6.07 Å². The molecule has 6 nitrogen and oxygen atoms in total. The molecule has 0 heterocycles. The molecule has 1 fully saturated rings. The van der Waals surface area contributed by atoms with Crippen molar-refractivity contribution in [2.24, 2.45) is 17.8 Å². The highest BCUT2D eigenvalue weighted by atomic mass is 79.9. The molecule has 1 N–H and O–H groups in total. The third kappa shape index (κ3) is 6.94. The molecule has 3 atom stereocenters. The van der Waals surface area contributed by atoms with Crippen LogP contribution in [0.5, 0.6) is 0 Å². The summed E-state index contributed by atoms with van der Waals surface area (Å²) >= 11 is 3.50. The van der Waals surface area contributed by atoms with Crippen LogP contribution in [0.4, 0.5) is 5.69 Å². The first-order chi connectivity index (χ1) is 16.6. The first-order valence-corrected chi connectivity index (χ1v) is 12.9. The lowest BCUT2D eigenvalue weighted by Crippen LogP contribution is -2.36. The van der Waals surface area contributed by atoms with Gasteiger partial charge in [-0.1, -0.05) is 55.3 Å². The molecular formula is C28H34BrNO5. The summed E-state index contributed by atoms with van der Waals surface area (Å²) in [6.45, 7) is 9.86. The average Bonchev–Trinajstić information content (AvgIpc) is 2.80. The van der Waals surface area contributed by atoms with Crippen LogP contribution in [-0.4, -0.2) is 30.6 Å².